The molecule has 1 heterocycles. The number of hydrogen-bond acceptors (Lipinski definition) is 4. The quantitative estimate of drug-likeness (QED) is 0.849. The Hall–Kier alpha value is -1.26. The summed E-state index contributed by atoms with van der Waals surface area (Å²) in [5.74, 6) is 1.77. The highest BCUT2D eigenvalue weighted by Crippen LogP contribution is 2.17. The summed E-state index contributed by atoms with van der Waals surface area (Å²) in [7, 11) is 3.71. The molecule has 1 aliphatic rings. The minimum absolute atomic E-state index is 0.634. The van der Waals surface area contributed by atoms with Crippen molar-refractivity contribution < 1.29 is 9.47 Å². The van der Waals surface area contributed by atoms with Crippen LogP contribution in [0, 0.1) is 0 Å². The second-order valence-electron chi connectivity index (χ2n) is 4.95. The molecular formula is C15H24N2O2. The highest BCUT2D eigenvalue weighted by Gasteiger charge is 2.17. The predicted molar refractivity (Wildman–Crippen MR) is 77.0 cm³/mol. The molecule has 0 aliphatic carbocycles. The van der Waals surface area contributed by atoms with Crippen molar-refractivity contribution in [2.45, 2.75) is 18.9 Å². The maximum absolute atomic E-state index is 5.76. The number of rotatable bonds is 6. The number of likely N-dealkylation sites (N-methyl/N-ethyl adjacent to an activating group) is 1. The smallest absolute Gasteiger partial charge is 0.119 e. The Morgan fingerprint density at radius 2 is 2.00 bits per heavy atom. The normalized spacial score (nSPS) is 20.2. The van der Waals surface area contributed by atoms with E-state index in [0.29, 0.717) is 6.04 Å². The van der Waals surface area contributed by atoms with E-state index in [1.54, 1.807) is 7.11 Å². The maximum Gasteiger partial charge on any atom is 0.119 e. The molecule has 1 aromatic carbocycles. The number of likely N-dealkylation sites (tertiary alicyclic amines) is 1. The summed E-state index contributed by atoms with van der Waals surface area (Å²) in [6.45, 7) is 4.04. The van der Waals surface area contributed by atoms with Crippen molar-refractivity contribution in [2.24, 2.45) is 0 Å². The van der Waals surface area contributed by atoms with Crippen LogP contribution in [0.25, 0.3) is 0 Å². The third-order valence-corrected chi connectivity index (χ3v) is 3.65. The van der Waals surface area contributed by atoms with Crippen LogP contribution in [0.15, 0.2) is 24.3 Å². The zero-order valence-electron chi connectivity index (χ0n) is 11.9. The summed E-state index contributed by atoms with van der Waals surface area (Å²) in [4.78, 5) is 2.47. The van der Waals surface area contributed by atoms with Crippen LogP contribution in [0.5, 0.6) is 11.5 Å². The fourth-order valence-electron chi connectivity index (χ4n) is 2.46. The van der Waals surface area contributed by atoms with E-state index in [9.17, 15) is 0 Å². The summed E-state index contributed by atoms with van der Waals surface area (Å²) in [5, 5.41) is 3.36. The van der Waals surface area contributed by atoms with Crippen molar-refractivity contribution >= 4 is 0 Å². The summed E-state index contributed by atoms with van der Waals surface area (Å²) < 4.78 is 10.9. The second-order valence-corrected chi connectivity index (χ2v) is 4.95. The van der Waals surface area contributed by atoms with Gasteiger partial charge >= 0.3 is 0 Å². The first kappa shape index (κ1) is 14.2. The van der Waals surface area contributed by atoms with E-state index in [4.69, 9.17) is 9.47 Å². The van der Waals surface area contributed by atoms with Gasteiger partial charge in [0.2, 0.25) is 0 Å². The average molecular weight is 264 g/mol. The molecular weight excluding hydrogens is 240 g/mol. The first-order chi connectivity index (χ1) is 9.31. The third-order valence-electron chi connectivity index (χ3n) is 3.65. The Labute approximate surface area is 115 Å². The fraction of sp³-hybridized carbons (Fsp3) is 0.600. The van der Waals surface area contributed by atoms with Gasteiger partial charge in [-0.1, -0.05) is 0 Å². The number of piperidine rings is 1. The lowest BCUT2D eigenvalue weighted by Crippen LogP contribution is -2.45. The Kier molecular flexibility index (Phi) is 5.48. The molecule has 1 aliphatic heterocycles. The van der Waals surface area contributed by atoms with Gasteiger partial charge in [0, 0.05) is 19.1 Å². The van der Waals surface area contributed by atoms with Gasteiger partial charge in [-0.25, -0.2) is 0 Å². The lowest BCUT2D eigenvalue weighted by Gasteiger charge is -2.32. The lowest BCUT2D eigenvalue weighted by atomic mass is 10.1. The van der Waals surface area contributed by atoms with E-state index in [-0.39, 0.29) is 0 Å². The SMILES string of the molecule is CNC1CCCN(CCOc2ccc(OC)cc2)C1. The first-order valence-electron chi connectivity index (χ1n) is 6.98. The molecule has 1 unspecified atom stereocenters. The van der Waals surface area contributed by atoms with Crippen LogP contribution in [0.3, 0.4) is 0 Å². The van der Waals surface area contributed by atoms with Gasteiger partial charge in [0.25, 0.3) is 0 Å². The molecule has 0 radical (unpaired) electrons. The van der Waals surface area contributed by atoms with E-state index < -0.39 is 0 Å². The van der Waals surface area contributed by atoms with Crippen LogP contribution in [-0.2, 0) is 0 Å². The van der Waals surface area contributed by atoms with Gasteiger partial charge in [-0.05, 0) is 50.7 Å². The molecule has 1 atom stereocenters. The van der Waals surface area contributed by atoms with Gasteiger partial charge in [0.05, 0.1) is 7.11 Å². The molecule has 0 spiro atoms. The van der Waals surface area contributed by atoms with Gasteiger partial charge in [-0.15, -0.1) is 0 Å². The lowest BCUT2D eigenvalue weighted by molar-refractivity contribution is 0.162. The van der Waals surface area contributed by atoms with Crippen LogP contribution < -0.4 is 14.8 Å². The number of hydrogen-bond donors (Lipinski definition) is 1. The average Bonchev–Trinajstić information content (AvgIpc) is 2.48. The molecule has 2 rings (SSSR count). The van der Waals surface area contributed by atoms with Crippen molar-refractivity contribution in [3.05, 3.63) is 24.3 Å². The van der Waals surface area contributed by atoms with Crippen LogP contribution >= 0.6 is 0 Å². The molecule has 106 valence electrons. The van der Waals surface area contributed by atoms with Crippen LogP contribution in [0.2, 0.25) is 0 Å². The van der Waals surface area contributed by atoms with Gasteiger partial charge in [-0.3, -0.25) is 4.90 Å². The summed E-state index contributed by atoms with van der Waals surface area (Å²) in [6.07, 6.45) is 2.56. The predicted octanol–water partition coefficient (Wildman–Crippen LogP) is 1.76. The Bertz CT molecular complexity index is 367. The molecule has 0 amide bonds. The highest BCUT2D eigenvalue weighted by atomic mass is 16.5. The summed E-state index contributed by atoms with van der Waals surface area (Å²) in [6, 6.07) is 8.38. The molecule has 19 heavy (non-hydrogen) atoms. The van der Waals surface area contributed by atoms with Crippen molar-refractivity contribution in [1.82, 2.24) is 10.2 Å². The first-order valence-corrected chi connectivity index (χ1v) is 6.98. The van der Waals surface area contributed by atoms with Crippen molar-refractivity contribution in [3.63, 3.8) is 0 Å². The van der Waals surface area contributed by atoms with Crippen molar-refractivity contribution in [3.8, 4) is 11.5 Å². The van der Waals surface area contributed by atoms with E-state index in [1.807, 2.05) is 31.3 Å². The largest absolute Gasteiger partial charge is 0.497 e. The molecule has 4 heteroatoms. The molecule has 0 aromatic heterocycles. The van der Waals surface area contributed by atoms with E-state index >= 15 is 0 Å². The second kappa shape index (κ2) is 7.36. The minimum atomic E-state index is 0.634. The zero-order valence-corrected chi connectivity index (χ0v) is 11.9. The van der Waals surface area contributed by atoms with Crippen LogP contribution in [0.4, 0.5) is 0 Å². The van der Waals surface area contributed by atoms with Gasteiger partial charge in [0.1, 0.15) is 18.1 Å². The molecule has 1 saturated heterocycles. The Morgan fingerprint density at radius 3 is 2.68 bits per heavy atom. The topological polar surface area (TPSA) is 33.7 Å². The third kappa shape index (κ3) is 4.40. The number of ether oxygens (including phenoxy) is 2. The van der Waals surface area contributed by atoms with Gasteiger partial charge in [-0.2, -0.15) is 0 Å². The van der Waals surface area contributed by atoms with Crippen LogP contribution in [0.1, 0.15) is 12.8 Å². The van der Waals surface area contributed by atoms with Gasteiger partial charge in [0.15, 0.2) is 0 Å². The zero-order chi connectivity index (χ0) is 13.5. The molecule has 0 saturated carbocycles. The van der Waals surface area contributed by atoms with E-state index in [2.05, 4.69) is 10.2 Å². The number of methoxy groups -OCH3 is 1. The molecule has 4 nitrogen and oxygen atoms in total. The minimum Gasteiger partial charge on any atom is -0.497 e. The number of benzene rings is 1. The van der Waals surface area contributed by atoms with Crippen molar-refractivity contribution in [1.29, 1.82) is 0 Å². The van der Waals surface area contributed by atoms with Gasteiger partial charge < -0.3 is 14.8 Å². The number of nitrogens with one attached hydrogen (secondary N) is 1. The van der Waals surface area contributed by atoms with E-state index in [0.717, 1.165) is 31.2 Å². The van der Waals surface area contributed by atoms with E-state index in [1.165, 1.54) is 19.4 Å². The summed E-state index contributed by atoms with van der Waals surface area (Å²) in [5.41, 5.74) is 0. The maximum atomic E-state index is 5.76. The molecule has 0 bridgehead atoms. The molecule has 1 fully saturated rings. The van der Waals surface area contributed by atoms with Crippen LogP contribution in [-0.4, -0.2) is 51.3 Å². The Morgan fingerprint density at radius 1 is 1.26 bits per heavy atom. The summed E-state index contributed by atoms with van der Waals surface area (Å²) >= 11 is 0. The molecule has 1 aromatic rings. The fourth-order valence-corrected chi connectivity index (χ4v) is 2.46. The monoisotopic (exact) mass is 264 g/mol. The van der Waals surface area contributed by atoms with Crippen molar-refractivity contribution in [2.75, 3.05) is 40.4 Å². The number of nitrogens with zero attached hydrogens (tertiary/aromatic N) is 1. The standard InChI is InChI=1S/C15H24N2O2/c1-16-13-4-3-9-17(12-13)10-11-19-15-7-5-14(18-2)6-8-15/h5-8,13,16H,3-4,9-12H2,1-2H3. The molecule has 1 N–H and O–H groups in total. The Balaban J connectivity index is 1.70. The highest BCUT2D eigenvalue weighted by molar-refractivity contribution is 5.31.